The van der Waals surface area contributed by atoms with Crippen LogP contribution in [0.15, 0.2) is 28.3 Å². The second-order valence-corrected chi connectivity index (χ2v) is 5.69. The van der Waals surface area contributed by atoms with E-state index in [4.69, 9.17) is 0 Å². The molecule has 0 radical (unpaired) electrons. The molecular weight excluding hydrogens is 312 g/mol. The molecule has 2 rings (SSSR count). The number of thiophene rings is 1. The lowest BCUT2D eigenvalue weighted by atomic mass is 10.3. The molecule has 0 aliphatic heterocycles. The molecule has 2 aromatic heterocycles. The van der Waals surface area contributed by atoms with E-state index in [9.17, 15) is 0 Å². The van der Waals surface area contributed by atoms with E-state index in [1.54, 1.807) is 17.7 Å². The van der Waals surface area contributed by atoms with Gasteiger partial charge in [-0.1, -0.05) is 6.07 Å². The summed E-state index contributed by atoms with van der Waals surface area (Å²) in [4.78, 5) is 12.0. The van der Waals surface area contributed by atoms with Crippen molar-refractivity contribution in [3.8, 4) is 0 Å². The summed E-state index contributed by atoms with van der Waals surface area (Å²) in [5.41, 5.74) is 0. The molecule has 6 heteroatoms. The number of anilines is 2. The predicted molar refractivity (Wildman–Crippen MR) is 80.6 cm³/mol. The number of rotatable bonds is 5. The third-order valence-corrected chi connectivity index (χ3v) is 4.31. The molecule has 0 fully saturated rings. The van der Waals surface area contributed by atoms with Crippen LogP contribution in [0.5, 0.6) is 0 Å². The van der Waals surface area contributed by atoms with Crippen molar-refractivity contribution in [1.29, 1.82) is 0 Å². The van der Waals surface area contributed by atoms with Gasteiger partial charge in [0.25, 0.3) is 0 Å². The van der Waals surface area contributed by atoms with E-state index in [-0.39, 0.29) is 0 Å². The van der Waals surface area contributed by atoms with Crippen molar-refractivity contribution in [2.45, 2.75) is 6.42 Å². The van der Waals surface area contributed by atoms with E-state index in [0.29, 0.717) is 0 Å². The summed E-state index contributed by atoms with van der Waals surface area (Å²) < 4.78 is 0.904. The summed E-state index contributed by atoms with van der Waals surface area (Å²) in [6.45, 7) is 0.930. The fourth-order valence-electron chi connectivity index (χ4n) is 1.64. The molecule has 0 spiro atoms. The van der Waals surface area contributed by atoms with Gasteiger partial charge < -0.3 is 10.2 Å². The Morgan fingerprint density at radius 1 is 1.44 bits per heavy atom. The van der Waals surface area contributed by atoms with Gasteiger partial charge in [0.15, 0.2) is 0 Å². The Labute approximate surface area is 119 Å². The largest absolute Gasteiger partial charge is 0.372 e. The fraction of sp³-hybridized carbons (Fsp3) is 0.333. The first-order chi connectivity index (χ1) is 8.72. The van der Waals surface area contributed by atoms with E-state index in [1.807, 2.05) is 14.1 Å². The molecule has 0 amide bonds. The normalized spacial score (nSPS) is 10.4. The van der Waals surface area contributed by atoms with Crippen LogP contribution in [0.3, 0.4) is 0 Å². The smallest absolute Gasteiger partial charge is 0.148 e. The molecule has 96 valence electrons. The predicted octanol–water partition coefficient (Wildman–Crippen LogP) is 3.02. The number of nitrogens with zero attached hydrogens (tertiary/aromatic N) is 3. The second kappa shape index (κ2) is 6.15. The quantitative estimate of drug-likeness (QED) is 0.916. The molecule has 0 atom stereocenters. The van der Waals surface area contributed by atoms with E-state index < -0.39 is 0 Å². The minimum Gasteiger partial charge on any atom is -0.372 e. The zero-order valence-corrected chi connectivity index (χ0v) is 12.8. The topological polar surface area (TPSA) is 41.1 Å². The molecule has 2 aromatic rings. The van der Waals surface area contributed by atoms with Crippen molar-refractivity contribution in [3.63, 3.8) is 0 Å². The highest BCUT2D eigenvalue weighted by molar-refractivity contribution is 9.10. The first kappa shape index (κ1) is 13.3. The molecular formula is C12H15BrN4S. The van der Waals surface area contributed by atoms with Crippen molar-refractivity contribution in [2.24, 2.45) is 0 Å². The SMILES string of the molecule is CNc1ncnc(N(C)CCc2cccs2)c1Br. The Hall–Kier alpha value is -1.14. The fourth-order valence-corrected chi connectivity index (χ4v) is 3.04. The van der Waals surface area contributed by atoms with Gasteiger partial charge in [0, 0.05) is 25.5 Å². The van der Waals surface area contributed by atoms with Gasteiger partial charge in [-0.05, 0) is 33.8 Å². The zero-order chi connectivity index (χ0) is 13.0. The van der Waals surface area contributed by atoms with Crippen molar-refractivity contribution in [3.05, 3.63) is 33.2 Å². The van der Waals surface area contributed by atoms with Gasteiger partial charge in [0.05, 0.1) is 0 Å². The molecule has 0 unspecified atom stereocenters. The van der Waals surface area contributed by atoms with Crippen LogP contribution >= 0.6 is 27.3 Å². The minimum absolute atomic E-state index is 0.808. The van der Waals surface area contributed by atoms with Gasteiger partial charge in [-0.2, -0.15) is 0 Å². The Kier molecular flexibility index (Phi) is 4.54. The summed E-state index contributed by atoms with van der Waals surface area (Å²) >= 11 is 5.32. The van der Waals surface area contributed by atoms with Crippen LogP contribution < -0.4 is 10.2 Å². The Balaban J connectivity index is 2.06. The number of hydrogen-bond donors (Lipinski definition) is 1. The summed E-state index contributed by atoms with van der Waals surface area (Å²) in [7, 11) is 3.89. The number of likely N-dealkylation sites (N-methyl/N-ethyl adjacent to an activating group) is 1. The monoisotopic (exact) mass is 326 g/mol. The van der Waals surface area contributed by atoms with Gasteiger partial charge in [-0.3, -0.25) is 0 Å². The van der Waals surface area contributed by atoms with Crippen LogP contribution in [-0.4, -0.2) is 30.6 Å². The van der Waals surface area contributed by atoms with Crippen LogP contribution in [0.2, 0.25) is 0 Å². The minimum atomic E-state index is 0.808. The number of halogens is 1. The highest BCUT2D eigenvalue weighted by Crippen LogP contribution is 2.28. The zero-order valence-electron chi connectivity index (χ0n) is 10.4. The molecule has 0 aliphatic rings. The van der Waals surface area contributed by atoms with E-state index in [1.165, 1.54) is 4.88 Å². The molecule has 4 nitrogen and oxygen atoms in total. The van der Waals surface area contributed by atoms with Crippen LogP contribution in [0, 0.1) is 0 Å². The molecule has 0 aliphatic carbocycles. The van der Waals surface area contributed by atoms with E-state index >= 15 is 0 Å². The van der Waals surface area contributed by atoms with E-state index in [0.717, 1.165) is 29.1 Å². The maximum atomic E-state index is 4.32. The summed E-state index contributed by atoms with van der Waals surface area (Å²) in [6.07, 6.45) is 2.60. The van der Waals surface area contributed by atoms with Gasteiger partial charge in [0.2, 0.25) is 0 Å². The summed E-state index contributed by atoms with van der Waals surface area (Å²) in [5.74, 6) is 1.72. The number of aromatic nitrogens is 2. The standard InChI is InChI=1S/C12H15BrN4S/c1-14-11-10(13)12(16-8-15-11)17(2)6-5-9-4-3-7-18-9/h3-4,7-8H,5-6H2,1-2H3,(H,14,15,16). The molecule has 0 bridgehead atoms. The van der Waals surface area contributed by atoms with E-state index in [2.05, 4.69) is 53.6 Å². The number of hydrogen-bond acceptors (Lipinski definition) is 5. The first-order valence-corrected chi connectivity index (χ1v) is 7.31. The Morgan fingerprint density at radius 3 is 2.94 bits per heavy atom. The molecule has 18 heavy (non-hydrogen) atoms. The molecule has 1 N–H and O–H groups in total. The number of nitrogens with one attached hydrogen (secondary N) is 1. The van der Waals surface area contributed by atoms with Crippen molar-refractivity contribution < 1.29 is 0 Å². The van der Waals surface area contributed by atoms with Crippen LogP contribution in [-0.2, 0) is 6.42 Å². The maximum absolute atomic E-state index is 4.32. The first-order valence-electron chi connectivity index (χ1n) is 5.64. The van der Waals surface area contributed by atoms with Gasteiger partial charge in [-0.25, -0.2) is 9.97 Å². The van der Waals surface area contributed by atoms with Crippen LogP contribution in [0.4, 0.5) is 11.6 Å². The lowest BCUT2D eigenvalue weighted by Crippen LogP contribution is -2.22. The van der Waals surface area contributed by atoms with Crippen molar-refractivity contribution in [2.75, 3.05) is 30.9 Å². The maximum Gasteiger partial charge on any atom is 0.148 e. The van der Waals surface area contributed by atoms with Crippen molar-refractivity contribution >= 4 is 38.9 Å². The highest BCUT2D eigenvalue weighted by atomic mass is 79.9. The van der Waals surface area contributed by atoms with Gasteiger partial charge >= 0.3 is 0 Å². The summed E-state index contributed by atoms with van der Waals surface area (Å²) in [6, 6.07) is 4.24. The molecule has 0 aromatic carbocycles. The van der Waals surface area contributed by atoms with Crippen molar-refractivity contribution in [1.82, 2.24) is 9.97 Å². The second-order valence-electron chi connectivity index (χ2n) is 3.86. The Morgan fingerprint density at radius 2 is 2.28 bits per heavy atom. The van der Waals surface area contributed by atoms with Gasteiger partial charge in [-0.15, -0.1) is 11.3 Å². The lowest BCUT2D eigenvalue weighted by molar-refractivity contribution is 0.861. The van der Waals surface area contributed by atoms with Crippen LogP contribution in [0.25, 0.3) is 0 Å². The average Bonchev–Trinajstić information content (AvgIpc) is 2.89. The van der Waals surface area contributed by atoms with Gasteiger partial charge in [0.1, 0.15) is 22.4 Å². The summed E-state index contributed by atoms with van der Waals surface area (Å²) in [5, 5.41) is 5.14. The average molecular weight is 327 g/mol. The molecule has 0 saturated heterocycles. The third-order valence-electron chi connectivity index (χ3n) is 2.64. The lowest BCUT2D eigenvalue weighted by Gasteiger charge is -2.19. The molecule has 2 heterocycles. The van der Waals surface area contributed by atoms with Crippen LogP contribution in [0.1, 0.15) is 4.88 Å². The third kappa shape index (κ3) is 3.00. The Bertz CT molecular complexity index is 501. The molecule has 0 saturated carbocycles. The highest BCUT2D eigenvalue weighted by Gasteiger charge is 2.11.